The molecule has 0 saturated heterocycles. The average Bonchev–Trinajstić information content (AvgIpc) is 3.20. The molecule has 140 valence electrons. The average molecular weight is 451 g/mol. The molecule has 0 aliphatic heterocycles. The van der Waals surface area contributed by atoms with Crippen LogP contribution in [0.4, 0.5) is 0 Å². The number of hydrogen-bond donors (Lipinski definition) is 2. The van der Waals surface area contributed by atoms with E-state index in [4.69, 9.17) is 4.42 Å². The van der Waals surface area contributed by atoms with Crippen molar-refractivity contribution in [3.8, 4) is 0 Å². The molecule has 2 amide bonds. The molecule has 0 aliphatic rings. The monoisotopic (exact) mass is 450 g/mol. The number of thioether (sulfide) groups is 1. The third kappa shape index (κ3) is 4.40. The summed E-state index contributed by atoms with van der Waals surface area (Å²) in [5.74, 6) is -0.927. The van der Waals surface area contributed by atoms with Crippen LogP contribution in [0.3, 0.4) is 0 Å². The molecular formula is C17H15BrN4O4S. The van der Waals surface area contributed by atoms with Crippen LogP contribution in [-0.4, -0.2) is 27.1 Å². The highest BCUT2D eigenvalue weighted by Gasteiger charge is 2.14. The van der Waals surface area contributed by atoms with Crippen molar-refractivity contribution >= 4 is 50.4 Å². The summed E-state index contributed by atoms with van der Waals surface area (Å²) in [5.41, 5.74) is 4.94. The maximum absolute atomic E-state index is 12.6. The number of carbonyl (C=O) groups is 2. The lowest BCUT2D eigenvalue weighted by molar-refractivity contribution is -0.119. The van der Waals surface area contributed by atoms with Crippen LogP contribution in [-0.2, 0) is 11.3 Å². The Balaban J connectivity index is 1.69. The summed E-state index contributed by atoms with van der Waals surface area (Å²) in [6, 6.07) is 8.32. The summed E-state index contributed by atoms with van der Waals surface area (Å²) < 4.78 is 7.23. The van der Waals surface area contributed by atoms with Gasteiger partial charge in [-0.1, -0.05) is 27.7 Å². The SMILES string of the molecule is CCn1c(SCC(=O)NNC(=O)c2ccco2)nc2ccc(Br)cc2c1=O. The Hall–Kier alpha value is -2.59. The zero-order valence-corrected chi connectivity index (χ0v) is 16.6. The number of furan rings is 1. The lowest BCUT2D eigenvalue weighted by Gasteiger charge is -2.11. The molecular weight excluding hydrogens is 436 g/mol. The van der Waals surface area contributed by atoms with Gasteiger partial charge in [-0.15, -0.1) is 0 Å². The topological polar surface area (TPSA) is 106 Å². The predicted molar refractivity (Wildman–Crippen MR) is 104 cm³/mol. The molecule has 2 heterocycles. The van der Waals surface area contributed by atoms with Crippen LogP contribution in [0.25, 0.3) is 10.9 Å². The first-order valence-corrected chi connectivity index (χ1v) is 9.73. The van der Waals surface area contributed by atoms with E-state index >= 15 is 0 Å². The minimum Gasteiger partial charge on any atom is -0.459 e. The van der Waals surface area contributed by atoms with Gasteiger partial charge < -0.3 is 4.42 Å². The summed E-state index contributed by atoms with van der Waals surface area (Å²) in [4.78, 5) is 40.8. The van der Waals surface area contributed by atoms with Crippen LogP contribution in [0, 0.1) is 0 Å². The van der Waals surface area contributed by atoms with E-state index < -0.39 is 11.8 Å². The Morgan fingerprint density at radius 3 is 2.81 bits per heavy atom. The van der Waals surface area contributed by atoms with Crippen molar-refractivity contribution in [3.63, 3.8) is 0 Å². The number of fused-ring (bicyclic) bond motifs is 1. The van der Waals surface area contributed by atoms with Crippen LogP contribution in [0.2, 0.25) is 0 Å². The van der Waals surface area contributed by atoms with Gasteiger partial charge in [-0.3, -0.25) is 29.8 Å². The molecule has 27 heavy (non-hydrogen) atoms. The number of aromatic nitrogens is 2. The lowest BCUT2D eigenvalue weighted by atomic mass is 10.2. The molecule has 0 fully saturated rings. The zero-order chi connectivity index (χ0) is 19.4. The van der Waals surface area contributed by atoms with Gasteiger partial charge in [0.2, 0.25) is 5.91 Å². The van der Waals surface area contributed by atoms with Crippen LogP contribution in [0.15, 0.2) is 55.4 Å². The number of amides is 2. The van der Waals surface area contributed by atoms with Gasteiger partial charge in [-0.25, -0.2) is 4.98 Å². The zero-order valence-electron chi connectivity index (χ0n) is 14.2. The van der Waals surface area contributed by atoms with Gasteiger partial charge in [0.25, 0.3) is 5.56 Å². The maximum Gasteiger partial charge on any atom is 0.305 e. The van der Waals surface area contributed by atoms with Crippen LogP contribution >= 0.6 is 27.7 Å². The van der Waals surface area contributed by atoms with E-state index in [1.54, 1.807) is 24.3 Å². The highest BCUT2D eigenvalue weighted by molar-refractivity contribution is 9.10. The number of carbonyl (C=O) groups excluding carboxylic acids is 2. The highest BCUT2D eigenvalue weighted by atomic mass is 79.9. The van der Waals surface area contributed by atoms with Gasteiger partial charge in [0.1, 0.15) is 0 Å². The van der Waals surface area contributed by atoms with Crippen molar-refractivity contribution in [2.45, 2.75) is 18.6 Å². The van der Waals surface area contributed by atoms with Crippen molar-refractivity contribution < 1.29 is 14.0 Å². The molecule has 0 radical (unpaired) electrons. The van der Waals surface area contributed by atoms with E-state index in [2.05, 4.69) is 31.8 Å². The van der Waals surface area contributed by atoms with Gasteiger partial charge in [-0.05, 0) is 37.3 Å². The normalized spacial score (nSPS) is 10.7. The van der Waals surface area contributed by atoms with E-state index in [9.17, 15) is 14.4 Å². The number of nitrogens with one attached hydrogen (secondary N) is 2. The second kappa shape index (κ2) is 8.40. The fourth-order valence-electron chi connectivity index (χ4n) is 2.32. The summed E-state index contributed by atoms with van der Waals surface area (Å²) in [6.45, 7) is 2.26. The number of halogens is 1. The lowest BCUT2D eigenvalue weighted by Crippen LogP contribution is -2.42. The first-order valence-electron chi connectivity index (χ1n) is 7.95. The minimum atomic E-state index is -0.557. The molecule has 2 aromatic heterocycles. The Morgan fingerprint density at radius 2 is 2.11 bits per heavy atom. The fourth-order valence-corrected chi connectivity index (χ4v) is 3.55. The molecule has 3 aromatic rings. The number of nitrogens with zero attached hydrogens (tertiary/aromatic N) is 2. The standard InChI is InChI=1S/C17H15BrN4O4S/c1-2-22-16(25)11-8-10(18)5-6-12(11)19-17(22)27-9-14(23)20-21-15(24)13-4-3-7-26-13/h3-8H,2,9H2,1H3,(H,20,23)(H,21,24). The summed E-state index contributed by atoms with van der Waals surface area (Å²) >= 11 is 4.46. The van der Waals surface area contributed by atoms with E-state index in [1.165, 1.54) is 16.9 Å². The largest absolute Gasteiger partial charge is 0.459 e. The Labute approximate surface area is 166 Å². The second-order valence-corrected chi connectivity index (χ2v) is 7.23. The first kappa shape index (κ1) is 19.2. The van der Waals surface area contributed by atoms with Gasteiger partial charge in [-0.2, -0.15) is 0 Å². The Kier molecular flexibility index (Phi) is 5.97. The first-order chi connectivity index (χ1) is 13.0. The summed E-state index contributed by atoms with van der Waals surface area (Å²) in [6.07, 6.45) is 1.36. The minimum absolute atomic E-state index is 0.0209. The van der Waals surface area contributed by atoms with Crippen LogP contribution in [0.1, 0.15) is 17.5 Å². The molecule has 0 unspecified atom stereocenters. The van der Waals surface area contributed by atoms with Crippen molar-refractivity contribution in [2.75, 3.05) is 5.75 Å². The number of hydrazine groups is 1. The van der Waals surface area contributed by atoms with E-state index in [-0.39, 0.29) is 17.1 Å². The predicted octanol–water partition coefficient (Wildman–Crippen LogP) is 2.33. The molecule has 8 nitrogen and oxygen atoms in total. The molecule has 2 N–H and O–H groups in total. The number of benzene rings is 1. The number of hydrogen-bond acceptors (Lipinski definition) is 6. The Bertz CT molecular complexity index is 1050. The third-order valence-corrected chi connectivity index (χ3v) is 5.06. The van der Waals surface area contributed by atoms with Gasteiger partial charge in [0.15, 0.2) is 10.9 Å². The quantitative estimate of drug-likeness (QED) is 0.351. The van der Waals surface area contributed by atoms with Gasteiger partial charge in [0, 0.05) is 11.0 Å². The number of rotatable bonds is 5. The summed E-state index contributed by atoms with van der Waals surface area (Å²) in [5, 5.41) is 0.940. The van der Waals surface area contributed by atoms with E-state index in [0.717, 1.165) is 16.2 Å². The van der Waals surface area contributed by atoms with Crippen molar-refractivity contribution in [1.82, 2.24) is 20.4 Å². The van der Waals surface area contributed by atoms with Crippen LogP contribution in [0.5, 0.6) is 0 Å². The van der Waals surface area contributed by atoms with Crippen LogP contribution < -0.4 is 16.4 Å². The van der Waals surface area contributed by atoms with E-state index in [0.29, 0.717) is 22.6 Å². The van der Waals surface area contributed by atoms with Gasteiger partial charge >= 0.3 is 5.91 Å². The highest BCUT2D eigenvalue weighted by Crippen LogP contribution is 2.20. The summed E-state index contributed by atoms with van der Waals surface area (Å²) in [7, 11) is 0. The molecule has 0 bridgehead atoms. The fraction of sp³-hybridized carbons (Fsp3) is 0.176. The Morgan fingerprint density at radius 1 is 1.30 bits per heavy atom. The molecule has 0 atom stereocenters. The van der Waals surface area contributed by atoms with Gasteiger partial charge in [0.05, 0.1) is 22.9 Å². The second-order valence-electron chi connectivity index (χ2n) is 5.37. The van der Waals surface area contributed by atoms with Crippen molar-refractivity contribution in [2.24, 2.45) is 0 Å². The molecule has 0 aliphatic carbocycles. The molecule has 0 saturated carbocycles. The molecule has 1 aromatic carbocycles. The van der Waals surface area contributed by atoms with Crippen molar-refractivity contribution in [1.29, 1.82) is 0 Å². The molecule has 10 heteroatoms. The smallest absolute Gasteiger partial charge is 0.305 e. The van der Waals surface area contributed by atoms with Crippen molar-refractivity contribution in [3.05, 3.63) is 57.2 Å². The third-order valence-electron chi connectivity index (χ3n) is 3.59. The van der Waals surface area contributed by atoms with E-state index in [1.807, 2.05) is 6.92 Å². The molecule has 0 spiro atoms. The molecule has 3 rings (SSSR count). The maximum atomic E-state index is 12.6.